The first-order valence-corrected chi connectivity index (χ1v) is 12.4. The molecule has 2 unspecified atom stereocenters. The number of fused-ring (bicyclic) bond motifs is 1. The molecule has 5 rings (SSSR count). The minimum Gasteiger partial charge on any atom is -0.370 e. The molecule has 4 aliphatic rings. The van der Waals surface area contributed by atoms with E-state index in [-0.39, 0.29) is 41.1 Å². The third-order valence-corrected chi connectivity index (χ3v) is 8.13. The van der Waals surface area contributed by atoms with Crippen LogP contribution in [0, 0.1) is 5.92 Å². The van der Waals surface area contributed by atoms with Crippen LogP contribution in [-0.4, -0.2) is 53.8 Å². The van der Waals surface area contributed by atoms with Crippen LogP contribution in [0.5, 0.6) is 0 Å². The van der Waals surface area contributed by atoms with Gasteiger partial charge in [0.25, 0.3) is 0 Å². The summed E-state index contributed by atoms with van der Waals surface area (Å²) in [5.74, 6) is 0.194. The summed E-state index contributed by atoms with van der Waals surface area (Å²) in [5.41, 5.74) is 1.42. The summed E-state index contributed by atoms with van der Waals surface area (Å²) in [5, 5.41) is 3.13. The fraction of sp³-hybridized carbons (Fsp3) is 0.654. The topological polar surface area (TPSA) is 75.7 Å². The van der Waals surface area contributed by atoms with E-state index in [0.717, 1.165) is 56.9 Å². The van der Waals surface area contributed by atoms with Crippen molar-refractivity contribution >= 4 is 17.6 Å². The summed E-state index contributed by atoms with van der Waals surface area (Å²) in [6.45, 7) is 1.94. The normalized spacial score (nSPS) is 27.5. The number of ether oxygens (including phenoxy) is 1. The highest BCUT2D eigenvalue weighted by atomic mass is 16.5. The van der Waals surface area contributed by atoms with Gasteiger partial charge in [0.2, 0.25) is 11.8 Å². The van der Waals surface area contributed by atoms with Crippen molar-refractivity contribution in [3.8, 4) is 0 Å². The fourth-order valence-electron chi connectivity index (χ4n) is 6.17. The van der Waals surface area contributed by atoms with Crippen LogP contribution in [0.25, 0.3) is 0 Å². The van der Waals surface area contributed by atoms with Crippen LogP contribution in [0.4, 0.5) is 0 Å². The number of rotatable bonds is 4. The number of nitrogens with zero attached hydrogens (tertiary/aromatic N) is 1. The zero-order valence-corrected chi connectivity index (χ0v) is 18.8. The van der Waals surface area contributed by atoms with Gasteiger partial charge in [-0.1, -0.05) is 43.5 Å². The van der Waals surface area contributed by atoms with E-state index >= 15 is 0 Å². The molecule has 1 aromatic carbocycles. The Bertz CT molecular complexity index is 884. The van der Waals surface area contributed by atoms with E-state index in [0.29, 0.717) is 31.6 Å². The molecule has 1 spiro atoms. The molecule has 6 nitrogen and oxygen atoms in total. The van der Waals surface area contributed by atoms with Gasteiger partial charge in [0.15, 0.2) is 5.78 Å². The summed E-state index contributed by atoms with van der Waals surface area (Å²) in [7, 11) is 0. The highest BCUT2D eigenvalue weighted by Crippen LogP contribution is 2.41. The number of piperidine rings is 1. The van der Waals surface area contributed by atoms with E-state index in [2.05, 4.69) is 5.32 Å². The predicted octanol–water partition coefficient (Wildman–Crippen LogP) is 3.59. The molecule has 2 heterocycles. The summed E-state index contributed by atoms with van der Waals surface area (Å²) in [4.78, 5) is 39.8. The van der Waals surface area contributed by atoms with Crippen LogP contribution in [0.2, 0.25) is 0 Å². The van der Waals surface area contributed by atoms with Crippen molar-refractivity contribution in [1.29, 1.82) is 0 Å². The van der Waals surface area contributed by atoms with Crippen LogP contribution in [0.15, 0.2) is 24.3 Å². The molecule has 1 aromatic rings. The molecule has 2 atom stereocenters. The number of nitrogens with one attached hydrogen (secondary N) is 1. The van der Waals surface area contributed by atoms with Crippen molar-refractivity contribution in [3.05, 3.63) is 35.4 Å². The maximum Gasteiger partial charge on any atom is 0.230 e. The molecule has 32 heavy (non-hydrogen) atoms. The lowest BCUT2D eigenvalue weighted by molar-refractivity contribution is -0.139. The van der Waals surface area contributed by atoms with Gasteiger partial charge < -0.3 is 15.0 Å². The number of hydrogen-bond donors (Lipinski definition) is 1. The maximum atomic E-state index is 13.2. The Morgan fingerprint density at radius 3 is 2.56 bits per heavy atom. The second kappa shape index (κ2) is 8.97. The van der Waals surface area contributed by atoms with Gasteiger partial charge >= 0.3 is 0 Å². The van der Waals surface area contributed by atoms with E-state index in [1.54, 1.807) is 0 Å². The number of hydrogen-bond acceptors (Lipinski definition) is 4. The highest BCUT2D eigenvalue weighted by molar-refractivity contribution is 6.06. The first kappa shape index (κ1) is 21.6. The first-order valence-electron chi connectivity index (χ1n) is 12.4. The van der Waals surface area contributed by atoms with Crippen LogP contribution in [0.3, 0.4) is 0 Å². The number of Topliss-reactive ketones (excluding diaryl/α,β-unsaturated/α-hetero) is 1. The highest BCUT2D eigenvalue weighted by Gasteiger charge is 2.45. The Morgan fingerprint density at radius 2 is 1.78 bits per heavy atom. The third kappa shape index (κ3) is 4.21. The fourth-order valence-corrected chi connectivity index (χ4v) is 6.17. The molecule has 0 radical (unpaired) electrons. The second-order valence-electron chi connectivity index (χ2n) is 10.1. The van der Waals surface area contributed by atoms with Gasteiger partial charge in [-0.05, 0) is 44.1 Å². The van der Waals surface area contributed by atoms with Gasteiger partial charge in [-0.2, -0.15) is 0 Å². The number of carbonyl (C=O) groups excluding carboxylic acids is 3. The van der Waals surface area contributed by atoms with Crippen LogP contribution >= 0.6 is 0 Å². The number of likely N-dealkylation sites (tertiary alicyclic amines) is 1. The molecule has 6 heteroatoms. The molecule has 2 amide bonds. The average molecular weight is 439 g/mol. The van der Waals surface area contributed by atoms with Crippen LogP contribution in [-0.2, 0) is 14.3 Å². The number of ketones is 1. The Kier molecular flexibility index (Phi) is 6.06. The quantitative estimate of drug-likeness (QED) is 0.780. The second-order valence-corrected chi connectivity index (χ2v) is 10.1. The van der Waals surface area contributed by atoms with E-state index in [1.165, 1.54) is 6.42 Å². The molecule has 3 fully saturated rings. The molecule has 2 aliphatic heterocycles. The first-order chi connectivity index (χ1) is 15.5. The maximum absolute atomic E-state index is 13.2. The lowest BCUT2D eigenvalue weighted by Crippen LogP contribution is -2.48. The molecule has 1 N–H and O–H groups in total. The molecule has 1 saturated carbocycles. The molecule has 0 aromatic heterocycles. The molecule has 172 valence electrons. The average Bonchev–Trinajstić information content (AvgIpc) is 3.39. The lowest BCUT2D eigenvalue weighted by atomic mass is 9.87. The standard InChI is InChI=1S/C26H34N2O4/c29-23-16-22(20-8-4-5-9-21(20)23)25(31)28-14-12-26(13-15-28)11-10-19(32-26)17-27-24(30)18-6-2-1-3-7-18/h4-5,8-9,18-19,22H,1-3,6-7,10-17H2,(H,27,30). The largest absolute Gasteiger partial charge is 0.370 e. The smallest absolute Gasteiger partial charge is 0.230 e. The van der Waals surface area contributed by atoms with Crippen LogP contribution < -0.4 is 5.32 Å². The van der Waals surface area contributed by atoms with Crippen molar-refractivity contribution in [3.63, 3.8) is 0 Å². The molecule has 2 aliphatic carbocycles. The van der Waals surface area contributed by atoms with Crippen molar-refractivity contribution in [2.24, 2.45) is 5.92 Å². The SMILES string of the molecule is O=C1CC(C(=O)N2CCC3(CCC(CNC(=O)C4CCCCC4)O3)CC2)c2ccccc21. The monoisotopic (exact) mass is 438 g/mol. The Hall–Kier alpha value is -2.21. The van der Waals surface area contributed by atoms with Gasteiger partial charge in [-0.3, -0.25) is 14.4 Å². The number of benzene rings is 1. The summed E-state index contributed by atoms with van der Waals surface area (Å²) >= 11 is 0. The minimum atomic E-state index is -0.333. The van der Waals surface area contributed by atoms with Gasteiger partial charge in [-0.25, -0.2) is 0 Å². The minimum absolute atomic E-state index is 0.0733. The zero-order valence-electron chi connectivity index (χ0n) is 18.8. The van der Waals surface area contributed by atoms with E-state index in [9.17, 15) is 14.4 Å². The van der Waals surface area contributed by atoms with Gasteiger partial charge in [-0.15, -0.1) is 0 Å². The zero-order chi connectivity index (χ0) is 22.1. The Balaban J connectivity index is 1.11. The van der Waals surface area contributed by atoms with E-state index in [4.69, 9.17) is 4.74 Å². The summed E-state index contributed by atoms with van der Waals surface area (Å²) in [6, 6.07) is 7.51. The van der Waals surface area contributed by atoms with Crippen molar-refractivity contribution < 1.29 is 19.1 Å². The van der Waals surface area contributed by atoms with E-state index < -0.39 is 0 Å². The van der Waals surface area contributed by atoms with E-state index in [1.807, 2.05) is 29.2 Å². The van der Waals surface area contributed by atoms with Gasteiger partial charge in [0.05, 0.1) is 17.6 Å². The third-order valence-electron chi connectivity index (χ3n) is 8.13. The number of carbonyl (C=O) groups is 3. The van der Waals surface area contributed by atoms with Crippen molar-refractivity contribution in [2.75, 3.05) is 19.6 Å². The molecule has 0 bridgehead atoms. The Morgan fingerprint density at radius 1 is 1.03 bits per heavy atom. The summed E-state index contributed by atoms with van der Waals surface area (Å²) < 4.78 is 6.45. The van der Waals surface area contributed by atoms with Crippen molar-refractivity contribution in [2.45, 2.75) is 81.8 Å². The predicted molar refractivity (Wildman–Crippen MR) is 120 cm³/mol. The van der Waals surface area contributed by atoms with Crippen molar-refractivity contribution in [1.82, 2.24) is 10.2 Å². The Labute approximate surface area is 190 Å². The van der Waals surface area contributed by atoms with Gasteiger partial charge in [0, 0.05) is 37.5 Å². The lowest BCUT2D eigenvalue weighted by Gasteiger charge is -2.40. The molecule has 2 saturated heterocycles. The summed E-state index contributed by atoms with van der Waals surface area (Å²) in [6.07, 6.45) is 9.58. The molecular formula is C26H34N2O4. The molecular weight excluding hydrogens is 404 g/mol. The van der Waals surface area contributed by atoms with Crippen LogP contribution in [0.1, 0.15) is 86.0 Å². The number of amides is 2. The van der Waals surface area contributed by atoms with Gasteiger partial charge in [0.1, 0.15) is 0 Å².